The van der Waals surface area contributed by atoms with Crippen molar-refractivity contribution in [3.8, 4) is 11.5 Å². The predicted octanol–water partition coefficient (Wildman–Crippen LogP) is 3.96. The molecule has 0 aliphatic carbocycles. The lowest BCUT2D eigenvalue weighted by molar-refractivity contribution is -0.119. The summed E-state index contributed by atoms with van der Waals surface area (Å²) in [6.07, 6.45) is 2.55. The number of hydrogen-bond donors (Lipinski definition) is 1. The van der Waals surface area contributed by atoms with Crippen LogP contribution in [0.2, 0.25) is 0 Å². The van der Waals surface area contributed by atoms with E-state index in [0.29, 0.717) is 29.0 Å². The van der Waals surface area contributed by atoms with E-state index in [0.717, 1.165) is 25.1 Å². The Labute approximate surface area is 186 Å². The summed E-state index contributed by atoms with van der Waals surface area (Å²) in [4.78, 5) is 26.9. The van der Waals surface area contributed by atoms with Crippen molar-refractivity contribution in [3.63, 3.8) is 0 Å². The highest BCUT2D eigenvalue weighted by Gasteiger charge is 2.30. The van der Waals surface area contributed by atoms with Crippen LogP contribution >= 0.6 is 0 Å². The molecule has 0 spiro atoms. The molecule has 0 radical (unpaired) electrons. The van der Waals surface area contributed by atoms with Crippen LogP contribution in [0, 0.1) is 0 Å². The largest absolute Gasteiger partial charge is 0.417 e. The van der Waals surface area contributed by atoms with Crippen molar-refractivity contribution in [2.24, 2.45) is 0 Å². The molecule has 3 heterocycles. The summed E-state index contributed by atoms with van der Waals surface area (Å²) in [5.41, 5.74) is 4.62. The summed E-state index contributed by atoms with van der Waals surface area (Å²) in [6, 6.07) is 18.6. The number of benzene rings is 2. The summed E-state index contributed by atoms with van der Waals surface area (Å²) in [5.74, 6) is 1.68. The van der Waals surface area contributed by atoms with Crippen molar-refractivity contribution in [1.82, 2.24) is 20.3 Å². The number of nitrogens with zero attached hydrogens (tertiary/aromatic N) is 4. The Kier molecular flexibility index (Phi) is 5.31. The summed E-state index contributed by atoms with van der Waals surface area (Å²) < 4.78 is 5.88. The van der Waals surface area contributed by atoms with Crippen LogP contribution in [0.3, 0.4) is 0 Å². The maximum absolute atomic E-state index is 11.2. The van der Waals surface area contributed by atoms with E-state index in [2.05, 4.69) is 49.4 Å². The number of carbonyl (C=O) groups is 1. The Morgan fingerprint density at radius 2 is 1.88 bits per heavy atom. The van der Waals surface area contributed by atoms with Gasteiger partial charge in [-0.2, -0.15) is 4.98 Å². The second-order valence-corrected chi connectivity index (χ2v) is 8.39. The molecule has 2 aromatic carbocycles. The van der Waals surface area contributed by atoms with Gasteiger partial charge in [-0.15, -0.1) is 0 Å². The number of hydrogen-bond acceptors (Lipinski definition) is 6. The molecule has 1 fully saturated rings. The molecule has 2 aromatic heterocycles. The highest BCUT2D eigenvalue weighted by Crippen LogP contribution is 2.31. The molecule has 7 nitrogen and oxygen atoms in total. The number of anilines is 1. The maximum Gasteiger partial charge on any atom is 0.252 e. The van der Waals surface area contributed by atoms with Gasteiger partial charge in [0.15, 0.2) is 0 Å². The third kappa shape index (κ3) is 4.19. The van der Waals surface area contributed by atoms with Gasteiger partial charge >= 0.3 is 0 Å². The van der Waals surface area contributed by atoms with Gasteiger partial charge in [0.25, 0.3) is 5.71 Å². The number of nitrogens with one attached hydrogen (secondary N) is 1. The fourth-order valence-electron chi connectivity index (χ4n) is 4.11. The molecule has 0 bridgehead atoms. The molecule has 1 aliphatic heterocycles. The smallest absolute Gasteiger partial charge is 0.252 e. The van der Waals surface area contributed by atoms with Gasteiger partial charge in [-0.05, 0) is 36.6 Å². The predicted molar refractivity (Wildman–Crippen MR) is 123 cm³/mol. The minimum absolute atomic E-state index is 0.00528. The normalized spacial score (nSPS) is 14.9. The van der Waals surface area contributed by atoms with E-state index in [1.807, 2.05) is 37.3 Å². The standard InChI is InChI=1S/C25H25N5O2/c1-16(27-17(2)31)12-18-8-10-19(11-9-18)21-14-30(15-21)25-26-13-22-24(29-25)32-23(28-22)20-6-4-3-5-7-20/h3-11,13,16,21H,12,14-15H2,1-2H3,(H,27,31). The van der Waals surface area contributed by atoms with E-state index >= 15 is 0 Å². The third-order valence-corrected chi connectivity index (χ3v) is 5.77. The second kappa shape index (κ2) is 8.42. The molecule has 0 saturated carbocycles. The van der Waals surface area contributed by atoms with Crippen molar-refractivity contribution in [2.75, 3.05) is 18.0 Å². The SMILES string of the molecule is CC(=O)NC(C)Cc1ccc(C2CN(c3ncc4nc(-c5ccccc5)oc4n3)C2)cc1. The van der Waals surface area contributed by atoms with Crippen molar-refractivity contribution >= 4 is 23.1 Å². The Balaban J connectivity index is 1.23. The summed E-state index contributed by atoms with van der Waals surface area (Å²) >= 11 is 0. The van der Waals surface area contributed by atoms with Gasteiger partial charge in [0, 0.05) is 37.5 Å². The monoisotopic (exact) mass is 427 g/mol. The second-order valence-electron chi connectivity index (χ2n) is 8.39. The van der Waals surface area contributed by atoms with Crippen molar-refractivity contribution in [2.45, 2.75) is 32.2 Å². The first-order chi connectivity index (χ1) is 15.5. The third-order valence-electron chi connectivity index (χ3n) is 5.77. The van der Waals surface area contributed by atoms with E-state index in [9.17, 15) is 4.79 Å². The van der Waals surface area contributed by atoms with Crippen LogP contribution in [-0.4, -0.2) is 40.0 Å². The van der Waals surface area contributed by atoms with Crippen molar-refractivity contribution in [1.29, 1.82) is 0 Å². The molecular weight excluding hydrogens is 402 g/mol. The lowest BCUT2D eigenvalue weighted by Gasteiger charge is -2.39. The highest BCUT2D eigenvalue weighted by atomic mass is 16.4. The van der Waals surface area contributed by atoms with Gasteiger partial charge in [0.1, 0.15) is 5.52 Å². The Hall–Kier alpha value is -3.74. The topological polar surface area (TPSA) is 84.2 Å². The van der Waals surface area contributed by atoms with Crippen LogP contribution in [0.4, 0.5) is 5.95 Å². The van der Waals surface area contributed by atoms with Crippen molar-refractivity contribution in [3.05, 3.63) is 71.9 Å². The van der Waals surface area contributed by atoms with Crippen LogP contribution in [0.15, 0.2) is 65.2 Å². The van der Waals surface area contributed by atoms with Crippen LogP contribution in [0.5, 0.6) is 0 Å². The van der Waals surface area contributed by atoms with Gasteiger partial charge in [0.05, 0.1) is 6.20 Å². The van der Waals surface area contributed by atoms with Crippen LogP contribution < -0.4 is 10.2 Å². The first-order valence-electron chi connectivity index (χ1n) is 10.8. The molecule has 1 amide bonds. The average molecular weight is 428 g/mol. The molecule has 1 N–H and O–H groups in total. The zero-order valence-corrected chi connectivity index (χ0v) is 18.2. The molecule has 5 rings (SSSR count). The molecule has 32 heavy (non-hydrogen) atoms. The molecule has 4 aromatic rings. The zero-order chi connectivity index (χ0) is 22.1. The van der Waals surface area contributed by atoms with Gasteiger partial charge < -0.3 is 14.6 Å². The van der Waals surface area contributed by atoms with Gasteiger partial charge in [-0.1, -0.05) is 42.5 Å². The van der Waals surface area contributed by atoms with Gasteiger partial charge in [-0.25, -0.2) is 9.97 Å². The molecule has 7 heteroatoms. The van der Waals surface area contributed by atoms with Crippen molar-refractivity contribution < 1.29 is 9.21 Å². The van der Waals surface area contributed by atoms with E-state index < -0.39 is 0 Å². The van der Waals surface area contributed by atoms with Gasteiger partial charge in [-0.3, -0.25) is 4.79 Å². The maximum atomic E-state index is 11.2. The molecule has 162 valence electrons. The van der Waals surface area contributed by atoms with E-state index in [-0.39, 0.29) is 11.9 Å². The van der Waals surface area contributed by atoms with E-state index in [4.69, 9.17) is 4.42 Å². The van der Waals surface area contributed by atoms with Crippen LogP contribution in [-0.2, 0) is 11.2 Å². The Bertz CT molecular complexity index is 1230. The average Bonchev–Trinajstić information content (AvgIpc) is 3.17. The number of amides is 1. The zero-order valence-electron chi connectivity index (χ0n) is 18.2. The van der Waals surface area contributed by atoms with Crippen LogP contribution in [0.1, 0.15) is 30.9 Å². The highest BCUT2D eigenvalue weighted by molar-refractivity contribution is 5.73. The fourth-order valence-corrected chi connectivity index (χ4v) is 4.11. The summed E-state index contributed by atoms with van der Waals surface area (Å²) in [7, 11) is 0. The molecular formula is C25H25N5O2. The van der Waals surface area contributed by atoms with Gasteiger partial charge in [0.2, 0.25) is 17.7 Å². The number of rotatable bonds is 6. The Morgan fingerprint density at radius 1 is 1.12 bits per heavy atom. The number of carbonyl (C=O) groups excluding carboxylic acids is 1. The number of aromatic nitrogens is 3. The molecule has 1 aliphatic rings. The lowest BCUT2D eigenvalue weighted by Crippen LogP contribution is -2.45. The first-order valence-corrected chi connectivity index (χ1v) is 10.8. The summed E-state index contributed by atoms with van der Waals surface area (Å²) in [6.45, 7) is 5.31. The van der Waals surface area contributed by atoms with E-state index in [1.165, 1.54) is 11.1 Å². The fraction of sp³-hybridized carbons (Fsp3) is 0.280. The Morgan fingerprint density at radius 3 is 2.59 bits per heavy atom. The quantitative estimate of drug-likeness (QED) is 0.502. The van der Waals surface area contributed by atoms with E-state index in [1.54, 1.807) is 13.1 Å². The minimum atomic E-state index is 0.00528. The number of fused-ring (bicyclic) bond motifs is 1. The molecule has 1 atom stereocenters. The minimum Gasteiger partial charge on any atom is -0.417 e. The van der Waals surface area contributed by atoms with Crippen LogP contribution in [0.25, 0.3) is 22.7 Å². The summed E-state index contributed by atoms with van der Waals surface area (Å²) in [5, 5.41) is 2.93. The molecule has 1 saturated heterocycles. The number of oxazole rings is 1. The lowest BCUT2D eigenvalue weighted by atomic mass is 9.90. The molecule has 1 unspecified atom stereocenters. The first kappa shape index (κ1) is 20.2.